The largest absolute Gasteiger partial charge is 0.744 e. The number of tetrazole rings is 1. The predicted octanol–water partition coefficient (Wildman–Crippen LogP) is 2.24. The summed E-state index contributed by atoms with van der Waals surface area (Å²) in [5.41, 5.74) is 2.90. The number of hydrogen-bond acceptors (Lipinski definition) is 8. The topological polar surface area (TPSA) is 149 Å². The van der Waals surface area contributed by atoms with Crippen LogP contribution in [-0.4, -0.2) is 40.9 Å². The van der Waals surface area contributed by atoms with Gasteiger partial charge in [0.25, 0.3) is 0 Å². The molecule has 0 fully saturated rings. The van der Waals surface area contributed by atoms with Crippen molar-refractivity contribution in [3.05, 3.63) is 75.4 Å². The van der Waals surface area contributed by atoms with Crippen LogP contribution in [-0.2, 0) is 20.2 Å². The molecule has 13 heteroatoms. The molecule has 176 valence electrons. The first-order valence-electron chi connectivity index (χ1n) is 9.64. The molecule has 34 heavy (non-hydrogen) atoms. The van der Waals surface area contributed by atoms with Gasteiger partial charge in [0.1, 0.15) is 25.9 Å². The van der Waals surface area contributed by atoms with Crippen LogP contribution in [0.25, 0.3) is 22.8 Å². The molecule has 1 heterocycles. The lowest BCUT2D eigenvalue weighted by molar-refractivity contribution is -0.734. The van der Waals surface area contributed by atoms with E-state index in [2.05, 4.69) is 32.8 Å². The summed E-state index contributed by atoms with van der Waals surface area (Å²) in [7, 11) is -10.2. The summed E-state index contributed by atoms with van der Waals surface area (Å²) in [6, 6.07) is 15.4. The highest BCUT2D eigenvalue weighted by Gasteiger charge is 2.28. The molecule has 3 aromatic carbocycles. The lowest BCUT2D eigenvalue weighted by atomic mass is 10.1. The molecule has 0 saturated carbocycles. The second-order valence-electron chi connectivity index (χ2n) is 7.44. The quantitative estimate of drug-likeness (QED) is 0.190. The van der Waals surface area contributed by atoms with Gasteiger partial charge in [0, 0.05) is 13.9 Å². The fourth-order valence-corrected chi connectivity index (χ4v) is 5.00. The second kappa shape index (κ2) is 8.81. The van der Waals surface area contributed by atoms with Crippen LogP contribution >= 0.6 is 22.6 Å². The Bertz CT molecular complexity index is 1630. The van der Waals surface area contributed by atoms with Crippen molar-refractivity contribution in [3.63, 3.8) is 0 Å². The highest BCUT2D eigenvalue weighted by Crippen LogP contribution is 2.27. The molecule has 10 nitrogen and oxygen atoms in total. The minimum atomic E-state index is -5.17. The van der Waals surface area contributed by atoms with E-state index in [0.29, 0.717) is 17.4 Å². The molecule has 1 aromatic heterocycles. The van der Waals surface area contributed by atoms with Gasteiger partial charge in [0.2, 0.25) is 0 Å². The highest BCUT2D eigenvalue weighted by molar-refractivity contribution is 14.1. The lowest BCUT2D eigenvalue weighted by Gasteiger charge is -2.13. The third kappa shape index (κ3) is 4.88. The Morgan fingerprint density at radius 2 is 1.56 bits per heavy atom. The van der Waals surface area contributed by atoms with Crippen LogP contribution in [0, 0.1) is 17.4 Å². The van der Waals surface area contributed by atoms with Gasteiger partial charge in [-0.1, -0.05) is 17.7 Å². The molecule has 0 saturated heterocycles. The highest BCUT2D eigenvalue weighted by atomic mass is 127. The van der Waals surface area contributed by atoms with E-state index in [-0.39, 0.29) is 11.4 Å². The van der Waals surface area contributed by atoms with Crippen molar-refractivity contribution in [1.82, 2.24) is 15.0 Å². The Labute approximate surface area is 209 Å². The molecule has 0 aliphatic carbocycles. The number of hydrogen-bond donors (Lipinski definition) is 0. The monoisotopic (exact) mass is 611 g/mol. The third-order valence-electron chi connectivity index (χ3n) is 4.94. The van der Waals surface area contributed by atoms with E-state index in [1.165, 1.54) is 9.59 Å². The SMILES string of the molecule is Cc1ccc(-[n+]2nc(-c3ccc(S(=O)(=O)[O-])cc3S(=O)(=O)[O-])nn2-c2ccc(I)cc2)c(C)c1. The fraction of sp³-hybridized carbons (Fsp3) is 0.0952. The summed E-state index contributed by atoms with van der Waals surface area (Å²) in [4.78, 5) is 1.14. The van der Waals surface area contributed by atoms with Crippen LogP contribution < -0.4 is 4.80 Å². The first-order valence-corrected chi connectivity index (χ1v) is 13.5. The van der Waals surface area contributed by atoms with Crippen molar-refractivity contribution >= 4 is 42.8 Å². The van der Waals surface area contributed by atoms with Gasteiger partial charge in [-0.2, -0.15) is 0 Å². The maximum absolute atomic E-state index is 11.9. The lowest BCUT2D eigenvalue weighted by Crippen LogP contribution is -2.43. The zero-order valence-corrected chi connectivity index (χ0v) is 21.5. The van der Waals surface area contributed by atoms with Crippen molar-refractivity contribution in [2.75, 3.05) is 0 Å². The predicted molar refractivity (Wildman–Crippen MR) is 126 cm³/mol. The summed E-state index contributed by atoms with van der Waals surface area (Å²) in [6.45, 7) is 3.82. The summed E-state index contributed by atoms with van der Waals surface area (Å²) >= 11 is 2.15. The van der Waals surface area contributed by atoms with Crippen LogP contribution in [0.15, 0.2) is 70.5 Å². The van der Waals surface area contributed by atoms with Crippen LogP contribution in [0.4, 0.5) is 0 Å². The molecule has 4 aromatic rings. The number of halogens is 1. The normalized spacial score (nSPS) is 12.1. The van der Waals surface area contributed by atoms with Crippen LogP contribution in [0.3, 0.4) is 0 Å². The third-order valence-corrected chi connectivity index (χ3v) is 7.36. The zero-order chi connectivity index (χ0) is 24.8. The number of rotatable bonds is 5. The van der Waals surface area contributed by atoms with Crippen molar-refractivity contribution in [2.24, 2.45) is 0 Å². The smallest absolute Gasteiger partial charge is 0.341 e. The van der Waals surface area contributed by atoms with Crippen molar-refractivity contribution in [3.8, 4) is 22.8 Å². The molecule has 0 bridgehead atoms. The maximum atomic E-state index is 11.9. The maximum Gasteiger partial charge on any atom is 0.341 e. The number of aryl methyl sites for hydroxylation is 2. The fourth-order valence-electron chi connectivity index (χ4n) is 3.37. The van der Waals surface area contributed by atoms with Gasteiger partial charge < -0.3 is 9.11 Å². The first-order chi connectivity index (χ1) is 15.8. The minimum absolute atomic E-state index is 0.150. The number of aromatic nitrogens is 4. The van der Waals surface area contributed by atoms with Gasteiger partial charge in [-0.25, -0.2) is 16.8 Å². The molecule has 0 aliphatic heterocycles. The zero-order valence-electron chi connectivity index (χ0n) is 17.7. The molecule has 4 rings (SSSR count). The molecular formula is C21H16IN4O6S2-. The Balaban J connectivity index is 2.02. The van der Waals surface area contributed by atoms with Gasteiger partial charge in [0.05, 0.1) is 20.5 Å². The summed E-state index contributed by atoms with van der Waals surface area (Å²) in [6.07, 6.45) is 0. The number of benzene rings is 3. The van der Waals surface area contributed by atoms with E-state index in [0.717, 1.165) is 26.8 Å². The molecular weight excluding hydrogens is 595 g/mol. The van der Waals surface area contributed by atoms with Crippen molar-refractivity contribution < 1.29 is 30.7 Å². The summed E-state index contributed by atoms with van der Waals surface area (Å²) in [5, 5.41) is 8.86. The van der Waals surface area contributed by atoms with Gasteiger partial charge in [-0.15, -0.1) is 0 Å². The van der Waals surface area contributed by atoms with Crippen LogP contribution in [0.5, 0.6) is 0 Å². The molecule has 0 radical (unpaired) electrons. The summed E-state index contributed by atoms with van der Waals surface area (Å²) in [5.74, 6) is -0.150. The van der Waals surface area contributed by atoms with E-state index in [9.17, 15) is 25.9 Å². The Morgan fingerprint density at radius 1 is 0.882 bits per heavy atom. The molecule has 0 N–H and O–H groups in total. The van der Waals surface area contributed by atoms with E-state index in [1.807, 2.05) is 44.2 Å². The second-order valence-corrected chi connectivity index (χ2v) is 11.4. The molecule has 0 unspecified atom stereocenters. The van der Waals surface area contributed by atoms with Crippen LogP contribution in [0.2, 0.25) is 0 Å². The van der Waals surface area contributed by atoms with Gasteiger partial charge >= 0.3 is 5.82 Å². The van der Waals surface area contributed by atoms with E-state index >= 15 is 0 Å². The average molecular weight is 611 g/mol. The van der Waals surface area contributed by atoms with Crippen LogP contribution in [0.1, 0.15) is 11.1 Å². The van der Waals surface area contributed by atoms with E-state index in [4.69, 9.17) is 0 Å². The molecule has 0 atom stereocenters. The van der Waals surface area contributed by atoms with Crippen molar-refractivity contribution in [2.45, 2.75) is 23.6 Å². The Morgan fingerprint density at radius 3 is 2.15 bits per heavy atom. The minimum Gasteiger partial charge on any atom is -0.744 e. The van der Waals surface area contributed by atoms with Gasteiger partial charge in [-0.3, -0.25) is 0 Å². The Hall–Kier alpha value is -2.72. The van der Waals surface area contributed by atoms with Crippen molar-refractivity contribution in [1.29, 1.82) is 0 Å². The number of nitrogens with zero attached hydrogens (tertiary/aromatic N) is 4. The molecule has 0 spiro atoms. The standard InChI is InChI=1S/C21H17IN4O6S2/c1-13-3-10-19(14(2)11-13)26-24-21(23-25(26)16-6-4-15(22)5-7-16)18-9-8-17(33(27,28)29)12-20(18)34(30,31)32/h3-12H,1-2H3,(H-,27,28,29,30,31,32)/p-1. The van der Waals surface area contributed by atoms with Gasteiger partial charge in [-0.05, 0) is 94.9 Å². The van der Waals surface area contributed by atoms with E-state index < -0.39 is 30.0 Å². The van der Waals surface area contributed by atoms with Gasteiger partial charge in [0.15, 0.2) is 5.69 Å². The first kappa shape index (κ1) is 24.4. The average Bonchev–Trinajstić information content (AvgIpc) is 3.17. The van der Waals surface area contributed by atoms with E-state index in [1.54, 1.807) is 12.1 Å². The molecule has 0 amide bonds. The summed E-state index contributed by atoms with van der Waals surface area (Å²) < 4.78 is 71.0. The molecule has 0 aliphatic rings. The Kier molecular flexibility index (Phi) is 6.32.